The van der Waals surface area contributed by atoms with Crippen molar-refractivity contribution in [1.29, 1.82) is 0 Å². The number of benzene rings is 3. The third kappa shape index (κ3) is 8.15. The van der Waals surface area contributed by atoms with Crippen molar-refractivity contribution in [3.8, 4) is 17.2 Å². The highest BCUT2D eigenvalue weighted by molar-refractivity contribution is 7.98. The number of nitrogens with two attached hydrogens (primary N) is 1. The van der Waals surface area contributed by atoms with Gasteiger partial charge in [-0.05, 0) is 86.7 Å². The quantitative estimate of drug-likeness (QED) is 0.0416. The molecule has 0 atom stereocenters. The zero-order chi connectivity index (χ0) is 39.8. The average Bonchev–Trinajstić information content (AvgIpc) is 3.53. The van der Waals surface area contributed by atoms with Crippen molar-refractivity contribution >= 4 is 51.6 Å². The van der Waals surface area contributed by atoms with E-state index in [2.05, 4.69) is 66.8 Å². The molecule has 4 heterocycles. The number of pyridine rings is 1. The van der Waals surface area contributed by atoms with Crippen LogP contribution in [0.1, 0.15) is 42.6 Å². The molecule has 5 aromatic rings. The lowest BCUT2D eigenvalue weighted by molar-refractivity contribution is -0.384. The Morgan fingerprint density at radius 3 is 2.61 bits per heavy atom. The highest BCUT2D eigenvalue weighted by Gasteiger charge is 2.54. The lowest BCUT2D eigenvalue weighted by Crippen LogP contribution is -2.68. The van der Waals surface area contributed by atoms with Crippen LogP contribution in [0.3, 0.4) is 0 Å². The van der Waals surface area contributed by atoms with Gasteiger partial charge in [-0.3, -0.25) is 29.4 Å². The van der Waals surface area contributed by atoms with E-state index in [4.69, 9.17) is 15.2 Å². The Hall–Kier alpha value is -5.58. The summed E-state index contributed by atoms with van der Waals surface area (Å²) in [5.41, 5.74) is 9.60. The summed E-state index contributed by atoms with van der Waals surface area (Å²) < 4.78 is 29.1. The zero-order valence-corrected chi connectivity index (χ0v) is 32.9. The third-order valence-electron chi connectivity index (χ3n) is 11.1. The predicted octanol–water partition coefficient (Wildman–Crippen LogP) is 7.04. The Morgan fingerprint density at radius 1 is 1.09 bits per heavy atom. The summed E-state index contributed by atoms with van der Waals surface area (Å²) in [5.74, 6) is 0.493. The van der Waals surface area contributed by atoms with Gasteiger partial charge in [0.15, 0.2) is 0 Å². The second kappa shape index (κ2) is 15.8. The standard InChI is InChI=1S/C41H46FN9O5S/c1-25(2)46-35-9-4-26(14-38(35)55-3)22-48-10-12-49(13-11-48)28-18-41(19-28)23-50(24-41)27-5-7-31(40(52)47-57-30-6-8-34(43)36(17-30)51(53)54)37(15-27)56-29-16-32-33(42)21-45-39(32)44-20-29/h4-9,14-17,20-21,25,28,46H,10-13,18-19,22-24,43H2,1-3H3,(H,44,45)(H,47,52). The number of amides is 1. The number of halogens is 1. The van der Waals surface area contributed by atoms with E-state index in [1.807, 2.05) is 12.1 Å². The maximum Gasteiger partial charge on any atom is 0.293 e. The number of hydrogen-bond acceptors (Lipinski definition) is 12. The van der Waals surface area contributed by atoms with Gasteiger partial charge in [0.25, 0.3) is 11.6 Å². The van der Waals surface area contributed by atoms with Gasteiger partial charge in [0.05, 0.1) is 34.9 Å². The van der Waals surface area contributed by atoms with Crippen molar-refractivity contribution < 1.29 is 23.6 Å². The van der Waals surface area contributed by atoms with Crippen LogP contribution in [0.4, 0.5) is 27.1 Å². The number of carbonyl (C=O) groups excluding carboxylic acids is 1. The van der Waals surface area contributed by atoms with E-state index in [-0.39, 0.29) is 39.2 Å². The molecule has 14 nitrogen and oxygen atoms in total. The molecule has 1 spiro atoms. The van der Waals surface area contributed by atoms with Gasteiger partial charge in [-0.15, -0.1) is 0 Å². The zero-order valence-electron chi connectivity index (χ0n) is 32.1. The molecule has 3 fully saturated rings. The van der Waals surface area contributed by atoms with Crippen LogP contribution in [0.2, 0.25) is 0 Å². The Morgan fingerprint density at radius 2 is 1.88 bits per heavy atom. The monoisotopic (exact) mass is 795 g/mol. The van der Waals surface area contributed by atoms with Crippen LogP contribution >= 0.6 is 11.9 Å². The molecule has 1 aliphatic carbocycles. The van der Waals surface area contributed by atoms with Crippen LogP contribution in [0.15, 0.2) is 78.0 Å². The Kier molecular flexibility index (Phi) is 10.6. The summed E-state index contributed by atoms with van der Waals surface area (Å²) >= 11 is 0.930. The van der Waals surface area contributed by atoms with Gasteiger partial charge in [0, 0.05) is 92.2 Å². The molecule has 1 saturated carbocycles. The van der Waals surface area contributed by atoms with Crippen LogP contribution in [0.5, 0.6) is 17.2 Å². The number of carbonyl (C=O) groups is 1. The number of nitrogens with one attached hydrogen (secondary N) is 3. The van der Waals surface area contributed by atoms with E-state index in [1.54, 1.807) is 19.2 Å². The Balaban J connectivity index is 0.890. The van der Waals surface area contributed by atoms with E-state index in [0.717, 1.165) is 87.7 Å². The van der Waals surface area contributed by atoms with Gasteiger partial charge in [-0.1, -0.05) is 6.07 Å². The molecule has 0 bridgehead atoms. The minimum absolute atomic E-state index is 0.0321. The minimum Gasteiger partial charge on any atom is -0.495 e. The molecule has 3 aliphatic rings. The van der Waals surface area contributed by atoms with Crippen molar-refractivity contribution in [2.75, 3.05) is 62.3 Å². The molecule has 16 heteroatoms. The maximum atomic E-state index is 14.4. The number of piperazine rings is 1. The maximum absolute atomic E-state index is 14.4. The Bertz CT molecular complexity index is 2300. The number of ether oxygens (including phenoxy) is 2. The largest absolute Gasteiger partial charge is 0.495 e. The molecule has 1 amide bonds. The van der Waals surface area contributed by atoms with Gasteiger partial charge in [0.2, 0.25) is 0 Å². The number of nitro groups is 1. The molecule has 298 valence electrons. The number of rotatable bonds is 13. The van der Waals surface area contributed by atoms with Crippen LogP contribution in [0.25, 0.3) is 11.0 Å². The molecule has 8 rings (SSSR count). The van der Waals surface area contributed by atoms with Crippen molar-refractivity contribution in [2.24, 2.45) is 5.41 Å². The van der Waals surface area contributed by atoms with Crippen molar-refractivity contribution in [2.45, 2.75) is 50.2 Å². The smallest absolute Gasteiger partial charge is 0.293 e. The van der Waals surface area contributed by atoms with Crippen molar-refractivity contribution in [3.05, 3.63) is 100 Å². The molecule has 5 N–H and O–H groups in total. The molecule has 2 saturated heterocycles. The minimum atomic E-state index is -0.569. The summed E-state index contributed by atoms with van der Waals surface area (Å²) in [6.45, 7) is 11.1. The van der Waals surface area contributed by atoms with Crippen LogP contribution in [-0.4, -0.2) is 89.1 Å². The first-order valence-corrected chi connectivity index (χ1v) is 19.9. The summed E-state index contributed by atoms with van der Waals surface area (Å²) in [4.78, 5) is 39.3. The molecule has 2 aliphatic heterocycles. The van der Waals surface area contributed by atoms with Crippen molar-refractivity contribution in [3.63, 3.8) is 0 Å². The van der Waals surface area contributed by atoms with E-state index >= 15 is 0 Å². The number of anilines is 3. The molecule has 3 aromatic carbocycles. The van der Waals surface area contributed by atoms with Gasteiger partial charge in [0.1, 0.15) is 34.4 Å². The third-order valence-corrected chi connectivity index (χ3v) is 11.9. The van der Waals surface area contributed by atoms with E-state index in [0.29, 0.717) is 22.6 Å². The first kappa shape index (κ1) is 38.3. The topological polar surface area (TPSA) is 167 Å². The summed E-state index contributed by atoms with van der Waals surface area (Å²) in [5, 5.41) is 15.1. The van der Waals surface area contributed by atoms with E-state index in [9.17, 15) is 19.3 Å². The number of nitro benzene ring substituents is 1. The van der Waals surface area contributed by atoms with Gasteiger partial charge in [-0.25, -0.2) is 9.37 Å². The van der Waals surface area contributed by atoms with E-state index in [1.165, 1.54) is 36.2 Å². The summed E-state index contributed by atoms with van der Waals surface area (Å²) in [6.07, 6.45) is 5.02. The fourth-order valence-electron chi connectivity index (χ4n) is 8.23. The highest BCUT2D eigenvalue weighted by Crippen LogP contribution is 2.52. The first-order valence-electron chi connectivity index (χ1n) is 19.1. The van der Waals surface area contributed by atoms with Crippen molar-refractivity contribution in [1.82, 2.24) is 24.5 Å². The molecule has 0 unspecified atom stereocenters. The van der Waals surface area contributed by atoms with Gasteiger partial charge < -0.3 is 30.4 Å². The van der Waals surface area contributed by atoms with Gasteiger partial charge in [-0.2, -0.15) is 0 Å². The number of H-pyrrole nitrogens is 1. The summed E-state index contributed by atoms with van der Waals surface area (Å²) in [6, 6.07) is 18.7. The number of methoxy groups -OCH3 is 1. The van der Waals surface area contributed by atoms with Crippen LogP contribution in [-0.2, 0) is 6.54 Å². The fraction of sp³-hybridized carbons (Fsp3) is 0.366. The average molecular weight is 796 g/mol. The highest BCUT2D eigenvalue weighted by atomic mass is 32.2. The molecule has 57 heavy (non-hydrogen) atoms. The number of aromatic nitrogens is 2. The number of fused-ring (bicyclic) bond motifs is 1. The molecular weight excluding hydrogens is 750 g/mol. The molecule has 0 radical (unpaired) electrons. The van der Waals surface area contributed by atoms with Crippen LogP contribution < -0.4 is 30.1 Å². The van der Waals surface area contributed by atoms with E-state index < -0.39 is 16.6 Å². The lowest BCUT2D eigenvalue weighted by atomic mass is 9.60. The number of aromatic amines is 1. The lowest BCUT2D eigenvalue weighted by Gasteiger charge is -2.62. The first-order chi connectivity index (χ1) is 27.5. The number of nitrogen functional groups attached to an aromatic ring is 1. The Labute approximate surface area is 334 Å². The summed E-state index contributed by atoms with van der Waals surface area (Å²) in [7, 11) is 1.72. The van der Waals surface area contributed by atoms with Gasteiger partial charge >= 0.3 is 0 Å². The fourth-order valence-corrected chi connectivity index (χ4v) is 8.86. The number of hydrogen-bond donors (Lipinski definition) is 4. The molecule has 2 aromatic heterocycles. The van der Waals surface area contributed by atoms with Crippen LogP contribution in [0, 0.1) is 21.3 Å². The predicted molar refractivity (Wildman–Crippen MR) is 220 cm³/mol. The SMILES string of the molecule is COc1cc(CN2CCN(C3CC4(C3)CN(c3ccc(C(=O)NSc5ccc(N)c([N+](=O)[O-])c5)c(Oc5cnc6[nH]cc(F)c6c5)c3)C4)CC2)ccc1NC(C)C. The second-order valence-corrected chi connectivity index (χ2v) is 16.4. The number of nitrogens with zero attached hydrogens (tertiary/aromatic N) is 5. The molecular formula is C41H46FN9O5S. The second-order valence-electron chi connectivity index (χ2n) is 15.6. The normalized spacial score (nSPS) is 17.0.